The van der Waals surface area contributed by atoms with Crippen LogP contribution >= 0.6 is 0 Å². The van der Waals surface area contributed by atoms with Gasteiger partial charge in [0.2, 0.25) is 20.0 Å². The molecule has 0 unspecified atom stereocenters. The van der Waals surface area contributed by atoms with E-state index in [0.717, 1.165) is 24.2 Å². The van der Waals surface area contributed by atoms with Gasteiger partial charge in [0.1, 0.15) is 5.75 Å². The van der Waals surface area contributed by atoms with Gasteiger partial charge in [-0.2, -0.15) is 4.31 Å². The van der Waals surface area contributed by atoms with Gasteiger partial charge in [0, 0.05) is 37.9 Å². The van der Waals surface area contributed by atoms with E-state index in [4.69, 9.17) is 19.4 Å². The molecular weight excluding hydrogens is 448 g/mol. The molecule has 2 bridgehead atoms. The Kier molecular flexibility index (Phi) is 5.80. The van der Waals surface area contributed by atoms with Crippen LogP contribution in [0.2, 0.25) is 0 Å². The lowest BCUT2D eigenvalue weighted by molar-refractivity contribution is -0.122. The molecule has 0 amide bonds. The highest BCUT2D eigenvalue weighted by Crippen LogP contribution is 2.55. The second-order valence-electron chi connectivity index (χ2n) is 8.41. The number of sulfonamides is 2. The van der Waals surface area contributed by atoms with Gasteiger partial charge in [0.25, 0.3) is 6.47 Å². The molecule has 4 atom stereocenters. The van der Waals surface area contributed by atoms with Crippen molar-refractivity contribution in [2.24, 2.45) is 11.8 Å². The topological polar surface area (TPSA) is 139 Å². The van der Waals surface area contributed by atoms with Gasteiger partial charge in [-0.1, -0.05) is 0 Å². The zero-order valence-corrected chi connectivity index (χ0v) is 18.7. The van der Waals surface area contributed by atoms with Crippen molar-refractivity contribution in [2.45, 2.75) is 35.9 Å². The summed E-state index contributed by atoms with van der Waals surface area (Å²) in [5.74, 6) is 0.749. The predicted molar refractivity (Wildman–Crippen MR) is 110 cm³/mol. The fourth-order valence-electron chi connectivity index (χ4n) is 5.29. The van der Waals surface area contributed by atoms with Gasteiger partial charge < -0.3 is 14.6 Å². The Morgan fingerprint density at radius 1 is 1.32 bits per heavy atom. The zero-order valence-electron chi connectivity index (χ0n) is 17.1. The number of benzene rings is 1. The first-order valence-corrected chi connectivity index (χ1v) is 13.4. The summed E-state index contributed by atoms with van der Waals surface area (Å²) in [5, 5.41) is 6.89. The van der Waals surface area contributed by atoms with Crippen LogP contribution in [0.25, 0.3) is 0 Å². The van der Waals surface area contributed by atoms with Gasteiger partial charge in [0.05, 0.1) is 29.5 Å². The summed E-state index contributed by atoms with van der Waals surface area (Å²) in [6.45, 7) is 1.36. The van der Waals surface area contributed by atoms with E-state index in [0.29, 0.717) is 26.1 Å². The van der Waals surface area contributed by atoms with Gasteiger partial charge in [-0.25, -0.2) is 21.6 Å². The second-order valence-corrected chi connectivity index (χ2v) is 12.2. The molecule has 10 nitrogen and oxygen atoms in total. The fourth-order valence-corrected chi connectivity index (χ4v) is 7.30. The normalized spacial score (nSPS) is 31.5. The van der Waals surface area contributed by atoms with E-state index in [2.05, 4.69) is 4.72 Å². The summed E-state index contributed by atoms with van der Waals surface area (Å²) < 4.78 is 65.4. The molecule has 0 aromatic heterocycles. The van der Waals surface area contributed by atoms with Crippen LogP contribution in [0.1, 0.15) is 18.4 Å². The summed E-state index contributed by atoms with van der Waals surface area (Å²) >= 11 is 0. The number of carbonyl (C=O) groups is 1. The molecule has 4 heterocycles. The fraction of sp³-hybridized carbons (Fsp3) is 0.632. The highest BCUT2D eigenvalue weighted by Gasteiger charge is 2.64. The van der Waals surface area contributed by atoms with E-state index in [1.807, 2.05) is 0 Å². The Bertz CT molecular complexity index is 1070. The van der Waals surface area contributed by atoms with Crippen LogP contribution in [0.15, 0.2) is 23.1 Å². The lowest BCUT2D eigenvalue weighted by atomic mass is 9.74. The average Bonchev–Trinajstić information content (AvgIpc) is 3.45. The van der Waals surface area contributed by atoms with Gasteiger partial charge >= 0.3 is 0 Å². The molecule has 1 aromatic rings. The van der Waals surface area contributed by atoms with Crippen molar-refractivity contribution in [1.29, 1.82) is 0 Å². The maximum absolute atomic E-state index is 12.8. The predicted octanol–water partition coefficient (Wildman–Crippen LogP) is 0.0396. The molecule has 12 heteroatoms. The van der Waals surface area contributed by atoms with Crippen LogP contribution in [0.5, 0.6) is 5.75 Å². The number of nitrogens with one attached hydrogen (secondary N) is 1. The maximum Gasteiger partial charge on any atom is 0.290 e. The third kappa shape index (κ3) is 4.07. The van der Waals surface area contributed by atoms with Crippen LogP contribution in [0, 0.1) is 11.8 Å². The summed E-state index contributed by atoms with van der Waals surface area (Å²) in [7, 11) is -6.94. The Morgan fingerprint density at radius 2 is 2.06 bits per heavy atom. The molecule has 4 aliphatic rings. The molecule has 5 rings (SSSR count). The molecule has 0 saturated carbocycles. The molecule has 4 aliphatic heterocycles. The Hall–Kier alpha value is -1.73. The third-order valence-electron chi connectivity index (χ3n) is 6.70. The zero-order chi connectivity index (χ0) is 22.4. The highest BCUT2D eigenvalue weighted by atomic mass is 32.2. The molecule has 1 aromatic carbocycles. The van der Waals surface area contributed by atoms with Crippen LogP contribution in [0.4, 0.5) is 0 Å². The SMILES string of the molecule is CS(=O)(=O)N1C[C@@H]2[C@H](CNS(=O)(=O)c3ccc4c(c3)CCO4)[C@H]3CC[C@]2(C1)O3.O=CO. The largest absolute Gasteiger partial charge is 0.493 e. The van der Waals surface area contributed by atoms with Crippen molar-refractivity contribution >= 4 is 26.5 Å². The van der Waals surface area contributed by atoms with Gasteiger partial charge in [0.15, 0.2) is 0 Å². The maximum atomic E-state index is 12.8. The molecular formula is C19H26N2O8S2. The molecule has 172 valence electrons. The summed E-state index contributed by atoms with van der Waals surface area (Å²) in [6, 6.07) is 4.93. The van der Waals surface area contributed by atoms with Gasteiger partial charge in [-0.05, 0) is 36.6 Å². The Labute approximate surface area is 181 Å². The summed E-state index contributed by atoms with van der Waals surface area (Å²) in [5.41, 5.74) is 0.457. The second kappa shape index (κ2) is 8.00. The Morgan fingerprint density at radius 3 is 2.77 bits per heavy atom. The van der Waals surface area contributed by atoms with Crippen molar-refractivity contribution in [3.63, 3.8) is 0 Å². The number of ether oxygens (including phenoxy) is 2. The van der Waals surface area contributed by atoms with E-state index in [-0.39, 0.29) is 35.9 Å². The first-order valence-electron chi connectivity index (χ1n) is 10.1. The number of hydrogen-bond donors (Lipinski definition) is 2. The van der Waals surface area contributed by atoms with E-state index >= 15 is 0 Å². The minimum Gasteiger partial charge on any atom is -0.493 e. The monoisotopic (exact) mass is 474 g/mol. The van der Waals surface area contributed by atoms with Crippen molar-refractivity contribution < 1.29 is 36.2 Å². The van der Waals surface area contributed by atoms with Crippen molar-refractivity contribution in [1.82, 2.24) is 9.03 Å². The lowest BCUT2D eigenvalue weighted by Gasteiger charge is -2.29. The van der Waals surface area contributed by atoms with Crippen LogP contribution in [0.3, 0.4) is 0 Å². The first-order chi connectivity index (χ1) is 14.6. The highest BCUT2D eigenvalue weighted by molar-refractivity contribution is 7.89. The smallest absolute Gasteiger partial charge is 0.290 e. The standard InChI is InChI=1S/C18H24N2O6S2.CH2O2/c1-27(21,22)20-10-15-14(17-4-6-18(15,11-20)26-17)9-19-28(23,24)13-2-3-16-12(8-13)5-7-25-16;2-1-3/h2-3,8,14-15,17,19H,4-7,9-11H2,1H3;1H,(H,2,3)/t14-,15+,17+,18+;/m0./s1. The molecule has 0 radical (unpaired) electrons. The van der Waals surface area contributed by atoms with Crippen LogP contribution < -0.4 is 9.46 Å². The molecule has 2 N–H and O–H groups in total. The third-order valence-corrected chi connectivity index (χ3v) is 9.34. The molecule has 0 aliphatic carbocycles. The average molecular weight is 475 g/mol. The summed E-state index contributed by atoms with van der Waals surface area (Å²) in [6.07, 6.45) is 3.59. The minimum atomic E-state index is -3.65. The van der Waals surface area contributed by atoms with Gasteiger partial charge in [-0.15, -0.1) is 0 Å². The quantitative estimate of drug-likeness (QED) is 0.570. The van der Waals surface area contributed by atoms with Crippen LogP contribution in [-0.2, 0) is 36.0 Å². The number of fused-ring (bicyclic) bond motifs is 2. The van der Waals surface area contributed by atoms with E-state index in [1.165, 1.54) is 10.6 Å². The molecule has 3 saturated heterocycles. The molecule has 1 spiro atoms. The number of hydrogen-bond acceptors (Lipinski definition) is 7. The van der Waals surface area contributed by atoms with Gasteiger partial charge in [-0.3, -0.25) is 4.79 Å². The Balaban J connectivity index is 0.000000730. The summed E-state index contributed by atoms with van der Waals surface area (Å²) in [4.78, 5) is 8.60. The van der Waals surface area contributed by atoms with E-state index < -0.39 is 25.6 Å². The van der Waals surface area contributed by atoms with Crippen molar-refractivity contribution in [2.75, 3.05) is 32.5 Å². The molecule has 31 heavy (non-hydrogen) atoms. The first kappa shape index (κ1) is 22.5. The van der Waals surface area contributed by atoms with E-state index in [1.54, 1.807) is 18.2 Å². The number of rotatable bonds is 5. The number of carboxylic acid groups (broad SMARTS) is 1. The van der Waals surface area contributed by atoms with Crippen molar-refractivity contribution in [3.05, 3.63) is 23.8 Å². The van der Waals surface area contributed by atoms with E-state index in [9.17, 15) is 16.8 Å². The molecule has 3 fully saturated rings. The minimum absolute atomic E-state index is 0.0113. The lowest BCUT2D eigenvalue weighted by Crippen LogP contribution is -2.41. The van der Waals surface area contributed by atoms with Crippen LogP contribution in [-0.4, -0.2) is 76.9 Å². The van der Waals surface area contributed by atoms with Crippen molar-refractivity contribution in [3.8, 4) is 5.75 Å². The number of nitrogens with zero attached hydrogens (tertiary/aromatic N) is 1.